The van der Waals surface area contributed by atoms with Crippen LogP contribution in [0.3, 0.4) is 0 Å². The highest BCUT2D eigenvalue weighted by molar-refractivity contribution is 7.90. The van der Waals surface area contributed by atoms with Gasteiger partial charge in [-0.1, -0.05) is 24.3 Å². The van der Waals surface area contributed by atoms with Gasteiger partial charge in [-0.25, -0.2) is 17.9 Å². The number of carbonyl (C=O) groups is 2. The van der Waals surface area contributed by atoms with E-state index in [1.54, 1.807) is 24.3 Å². The Bertz CT molecular complexity index is 926. The van der Waals surface area contributed by atoms with Crippen LogP contribution in [0.5, 0.6) is 5.75 Å². The summed E-state index contributed by atoms with van der Waals surface area (Å²) in [5.41, 5.74) is 0.139. The third-order valence-corrected chi connectivity index (χ3v) is 4.79. The molecule has 0 saturated carbocycles. The van der Waals surface area contributed by atoms with Gasteiger partial charge in [0, 0.05) is 14.1 Å². The first-order valence-corrected chi connectivity index (χ1v) is 9.02. The van der Waals surface area contributed by atoms with Crippen LogP contribution in [0.25, 0.3) is 0 Å². The van der Waals surface area contributed by atoms with Crippen LogP contribution in [0.4, 0.5) is 10.5 Å². The summed E-state index contributed by atoms with van der Waals surface area (Å²) in [6.45, 7) is 0. The minimum absolute atomic E-state index is 0.0616. The Hall–Kier alpha value is -3.07. The molecule has 0 fully saturated rings. The van der Waals surface area contributed by atoms with Gasteiger partial charge in [0.1, 0.15) is 10.6 Å². The fraction of sp³-hybridized carbons (Fsp3) is 0.176. The van der Waals surface area contributed by atoms with Crippen molar-refractivity contribution in [1.82, 2.24) is 9.62 Å². The summed E-state index contributed by atoms with van der Waals surface area (Å²) < 4.78 is 32.4. The highest BCUT2D eigenvalue weighted by Gasteiger charge is 2.24. The molecule has 0 unspecified atom stereocenters. The van der Waals surface area contributed by atoms with Crippen LogP contribution in [0.15, 0.2) is 53.4 Å². The van der Waals surface area contributed by atoms with Crippen molar-refractivity contribution in [2.75, 3.05) is 26.5 Å². The lowest BCUT2D eigenvalue weighted by Gasteiger charge is -2.16. The van der Waals surface area contributed by atoms with E-state index in [1.807, 2.05) is 4.72 Å². The first kappa shape index (κ1) is 19.3. The monoisotopic (exact) mass is 377 g/mol. The quantitative estimate of drug-likeness (QED) is 0.828. The van der Waals surface area contributed by atoms with Crippen molar-refractivity contribution >= 4 is 27.6 Å². The predicted molar refractivity (Wildman–Crippen MR) is 96.8 cm³/mol. The van der Waals surface area contributed by atoms with E-state index in [-0.39, 0.29) is 21.9 Å². The number of methoxy groups -OCH3 is 1. The van der Waals surface area contributed by atoms with Crippen LogP contribution >= 0.6 is 0 Å². The number of nitrogens with zero attached hydrogens (tertiary/aromatic N) is 1. The molecule has 2 aromatic rings. The average molecular weight is 377 g/mol. The molecular weight excluding hydrogens is 358 g/mol. The Balaban J connectivity index is 2.33. The average Bonchev–Trinajstić information content (AvgIpc) is 2.61. The Labute approximate surface area is 151 Å². The molecule has 0 aromatic heterocycles. The predicted octanol–water partition coefficient (Wildman–Crippen LogP) is 1.91. The van der Waals surface area contributed by atoms with E-state index in [9.17, 15) is 18.0 Å². The smallest absolute Gasteiger partial charge is 0.321 e. The largest absolute Gasteiger partial charge is 0.496 e. The third kappa shape index (κ3) is 4.31. The zero-order valence-corrected chi connectivity index (χ0v) is 15.3. The molecule has 26 heavy (non-hydrogen) atoms. The molecule has 9 heteroatoms. The topological polar surface area (TPSA) is 105 Å². The summed E-state index contributed by atoms with van der Waals surface area (Å²) in [6.07, 6.45) is 0. The molecule has 0 heterocycles. The molecule has 0 saturated heterocycles. The number of ether oxygens (including phenoxy) is 1. The van der Waals surface area contributed by atoms with Crippen molar-refractivity contribution in [3.8, 4) is 5.75 Å². The molecular formula is C17H19N3O5S. The SMILES string of the molecule is COc1ccccc1C(=O)NS(=O)(=O)c1ccccc1NC(=O)N(C)C. The van der Waals surface area contributed by atoms with Crippen LogP contribution in [0.2, 0.25) is 0 Å². The summed E-state index contributed by atoms with van der Waals surface area (Å²) in [5.74, 6) is -0.592. The number of hydrogen-bond acceptors (Lipinski definition) is 5. The summed E-state index contributed by atoms with van der Waals surface area (Å²) in [6, 6.07) is 11.6. The van der Waals surface area contributed by atoms with Gasteiger partial charge in [-0.15, -0.1) is 0 Å². The fourth-order valence-electron chi connectivity index (χ4n) is 2.10. The minimum Gasteiger partial charge on any atom is -0.496 e. The standard InChI is InChI=1S/C17H19N3O5S/c1-20(2)17(22)18-13-9-5-7-11-15(13)26(23,24)19-16(21)12-8-4-6-10-14(12)25-3/h4-11H,1-3H3,(H,18,22)(H,19,21). The van der Waals surface area contributed by atoms with Crippen LogP contribution < -0.4 is 14.8 Å². The number of nitrogens with one attached hydrogen (secondary N) is 2. The number of amides is 3. The lowest BCUT2D eigenvalue weighted by molar-refractivity contribution is 0.0978. The zero-order chi connectivity index (χ0) is 19.3. The van der Waals surface area contributed by atoms with Crippen molar-refractivity contribution in [2.24, 2.45) is 0 Å². The van der Waals surface area contributed by atoms with Crippen molar-refractivity contribution in [3.63, 3.8) is 0 Å². The minimum atomic E-state index is -4.22. The van der Waals surface area contributed by atoms with Gasteiger partial charge in [-0.2, -0.15) is 0 Å². The Morgan fingerprint density at radius 2 is 1.62 bits per heavy atom. The van der Waals surface area contributed by atoms with Crippen LogP contribution in [0.1, 0.15) is 10.4 Å². The van der Waals surface area contributed by atoms with E-state index in [4.69, 9.17) is 4.74 Å². The normalized spacial score (nSPS) is 10.7. The Kier molecular flexibility index (Phi) is 5.83. The van der Waals surface area contributed by atoms with Gasteiger partial charge in [0.05, 0.1) is 18.4 Å². The molecule has 138 valence electrons. The molecule has 2 N–H and O–H groups in total. The second-order valence-electron chi connectivity index (χ2n) is 5.46. The molecule has 3 amide bonds. The van der Waals surface area contributed by atoms with E-state index < -0.39 is 22.0 Å². The van der Waals surface area contributed by atoms with Gasteiger partial charge >= 0.3 is 6.03 Å². The number of urea groups is 1. The van der Waals surface area contributed by atoms with E-state index in [0.717, 1.165) is 0 Å². The third-order valence-electron chi connectivity index (χ3n) is 3.40. The second kappa shape index (κ2) is 7.87. The number of rotatable bonds is 5. The van der Waals surface area contributed by atoms with E-state index >= 15 is 0 Å². The summed E-state index contributed by atoms with van der Waals surface area (Å²) in [4.78, 5) is 25.3. The number of sulfonamides is 1. The highest BCUT2D eigenvalue weighted by atomic mass is 32.2. The lowest BCUT2D eigenvalue weighted by Crippen LogP contribution is -2.32. The maximum absolute atomic E-state index is 12.7. The molecule has 0 atom stereocenters. The van der Waals surface area contributed by atoms with Gasteiger partial charge in [-0.05, 0) is 24.3 Å². The lowest BCUT2D eigenvalue weighted by atomic mass is 10.2. The molecule has 0 radical (unpaired) electrons. The molecule has 0 aliphatic heterocycles. The van der Waals surface area contributed by atoms with Crippen LogP contribution in [-0.2, 0) is 10.0 Å². The van der Waals surface area contributed by atoms with E-state index in [1.165, 1.54) is 50.4 Å². The number of carbonyl (C=O) groups excluding carboxylic acids is 2. The second-order valence-corrected chi connectivity index (χ2v) is 7.11. The molecule has 0 spiro atoms. The maximum atomic E-state index is 12.7. The van der Waals surface area contributed by atoms with Gasteiger partial charge in [0.15, 0.2) is 0 Å². The number of hydrogen-bond donors (Lipinski definition) is 2. The number of para-hydroxylation sites is 2. The van der Waals surface area contributed by atoms with Crippen LogP contribution in [-0.4, -0.2) is 46.5 Å². The van der Waals surface area contributed by atoms with Crippen molar-refractivity contribution in [2.45, 2.75) is 4.90 Å². The summed E-state index contributed by atoms with van der Waals surface area (Å²) in [7, 11) is 0.206. The van der Waals surface area contributed by atoms with Crippen molar-refractivity contribution < 1.29 is 22.7 Å². The fourth-order valence-corrected chi connectivity index (χ4v) is 3.23. The first-order valence-electron chi connectivity index (χ1n) is 7.53. The van der Waals surface area contributed by atoms with E-state index in [2.05, 4.69) is 5.32 Å². The van der Waals surface area contributed by atoms with Gasteiger partial charge in [0.25, 0.3) is 15.9 Å². The number of anilines is 1. The van der Waals surface area contributed by atoms with Gasteiger partial charge < -0.3 is 15.0 Å². The first-order chi connectivity index (χ1) is 12.3. The maximum Gasteiger partial charge on any atom is 0.321 e. The summed E-state index contributed by atoms with van der Waals surface area (Å²) >= 11 is 0. The highest BCUT2D eigenvalue weighted by Crippen LogP contribution is 2.22. The van der Waals surface area contributed by atoms with Gasteiger partial charge in [0.2, 0.25) is 0 Å². The molecule has 2 aromatic carbocycles. The molecule has 0 aliphatic carbocycles. The molecule has 2 rings (SSSR count). The van der Waals surface area contributed by atoms with E-state index in [0.29, 0.717) is 0 Å². The Morgan fingerprint density at radius 3 is 2.27 bits per heavy atom. The number of benzene rings is 2. The molecule has 0 aliphatic rings. The molecule has 8 nitrogen and oxygen atoms in total. The van der Waals surface area contributed by atoms with Gasteiger partial charge in [-0.3, -0.25) is 4.79 Å². The molecule has 0 bridgehead atoms. The van der Waals surface area contributed by atoms with Crippen LogP contribution in [0, 0.1) is 0 Å². The summed E-state index contributed by atoms with van der Waals surface area (Å²) in [5, 5.41) is 2.48. The van der Waals surface area contributed by atoms with Crippen molar-refractivity contribution in [3.05, 3.63) is 54.1 Å². The van der Waals surface area contributed by atoms with Crippen molar-refractivity contribution in [1.29, 1.82) is 0 Å². The zero-order valence-electron chi connectivity index (χ0n) is 14.5. The Morgan fingerprint density at radius 1 is 1.00 bits per heavy atom.